The molecule has 0 saturated carbocycles. The Kier molecular flexibility index (Phi) is 8.00. The van der Waals surface area contributed by atoms with Crippen molar-refractivity contribution in [3.8, 4) is 5.75 Å². The molecule has 0 aromatic heterocycles. The number of imide groups is 2. The van der Waals surface area contributed by atoms with Crippen molar-refractivity contribution in [3.63, 3.8) is 0 Å². The number of piperidine rings is 1. The van der Waals surface area contributed by atoms with Gasteiger partial charge in [-0.1, -0.05) is 18.2 Å². The number of nitrogens with one attached hydrogen (secondary N) is 2. The number of carbonyl (C=O) groups is 4. The van der Waals surface area contributed by atoms with Gasteiger partial charge < -0.3 is 15.0 Å². The van der Waals surface area contributed by atoms with Gasteiger partial charge in [0.15, 0.2) is 0 Å². The monoisotopic (exact) mass is 492 g/mol. The van der Waals surface area contributed by atoms with Crippen LogP contribution in [-0.2, 0) is 16.0 Å². The molecule has 4 rings (SSSR count). The van der Waals surface area contributed by atoms with E-state index in [-0.39, 0.29) is 24.0 Å². The number of nitrogens with zero attached hydrogens (tertiary/aromatic N) is 2. The molecule has 2 heterocycles. The molecule has 2 aromatic carbocycles. The third kappa shape index (κ3) is 5.41. The second-order valence-electron chi connectivity index (χ2n) is 9.12. The van der Waals surface area contributed by atoms with E-state index in [1.165, 1.54) is 11.3 Å². The molecule has 9 heteroatoms. The highest BCUT2D eigenvalue weighted by molar-refractivity contribution is 6.24. The van der Waals surface area contributed by atoms with Crippen molar-refractivity contribution in [3.05, 3.63) is 59.2 Å². The highest BCUT2D eigenvalue weighted by Crippen LogP contribution is 2.33. The minimum atomic E-state index is -0.992. The number of fused-ring (bicyclic) bond motifs is 1. The predicted molar refractivity (Wildman–Crippen MR) is 135 cm³/mol. The second kappa shape index (κ2) is 11.3. The SMILES string of the molecule is CNCCCN(C)c1ccc(CCCOc2cccc3c2C(=O)N(C2CCC(=O)NC2=O)C3=O)cc1. The summed E-state index contributed by atoms with van der Waals surface area (Å²) in [6, 6.07) is 12.4. The summed E-state index contributed by atoms with van der Waals surface area (Å²) < 4.78 is 5.92. The van der Waals surface area contributed by atoms with Gasteiger partial charge in [0.25, 0.3) is 11.8 Å². The van der Waals surface area contributed by atoms with Gasteiger partial charge in [-0.2, -0.15) is 0 Å². The minimum absolute atomic E-state index is 0.0841. The van der Waals surface area contributed by atoms with Crippen molar-refractivity contribution in [2.24, 2.45) is 0 Å². The number of anilines is 1. The second-order valence-corrected chi connectivity index (χ2v) is 9.12. The molecule has 0 aliphatic carbocycles. The summed E-state index contributed by atoms with van der Waals surface area (Å²) in [5.74, 6) is -1.79. The zero-order chi connectivity index (χ0) is 25.7. The Balaban J connectivity index is 1.33. The predicted octanol–water partition coefficient (Wildman–Crippen LogP) is 2.15. The molecule has 2 aliphatic heterocycles. The lowest BCUT2D eigenvalue weighted by atomic mass is 10.0. The maximum Gasteiger partial charge on any atom is 0.266 e. The number of benzene rings is 2. The van der Waals surface area contributed by atoms with Crippen LogP contribution in [0.3, 0.4) is 0 Å². The minimum Gasteiger partial charge on any atom is -0.493 e. The van der Waals surface area contributed by atoms with Crippen molar-refractivity contribution >= 4 is 29.3 Å². The lowest BCUT2D eigenvalue weighted by molar-refractivity contribution is -0.136. The summed E-state index contributed by atoms with van der Waals surface area (Å²) in [6.45, 7) is 2.35. The highest BCUT2D eigenvalue weighted by atomic mass is 16.5. The molecule has 0 spiro atoms. The van der Waals surface area contributed by atoms with E-state index in [0.717, 1.165) is 37.3 Å². The van der Waals surface area contributed by atoms with E-state index in [1.807, 2.05) is 7.05 Å². The van der Waals surface area contributed by atoms with Gasteiger partial charge >= 0.3 is 0 Å². The molecule has 1 unspecified atom stereocenters. The molecule has 4 amide bonds. The van der Waals surface area contributed by atoms with E-state index in [2.05, 4.69) is 46.8 Å². The van der Waals surface area contributed by atoms with E-state index >= 15 is 0 Å². The molecule has 0 bridgehead atoms. The van der Waals surface area contributed by atoms with Crippen LogP contribution in [0.15, 0.2) is 42.5 Å². The Morgan fingerprint density at radius 1 is 1.06 bits per heavy atom. The molecule has 2 aliphatic rings. The number of rotatable bonds is 11. The van der Waals surface area contributed by atoms with Crippen LogP contribution in [0.4, 0.5) is 5.69 Å². The first-order chi connectivity index (χ1) is 17.4. The fourth-order valence-electron chi connectivity index (χ4n) is 4.60. The number of hydrogen-bond acceptors (Lipinski definition) is 7. The average molecular weight is 493 g/mol. The van der Waals surface area contributed by atoms with Gasteiger partial charge in [-0.25, -0.2) is 0 Å². The maximum absolute atomic E-state index is 13.1. The zero-order valence-corrected chi connectivity index (χ0v) is 20.7. The largest absolute Gasteiger partial charge is 0.493 e. The lowest BCUT2D eigenvalue weighted by Crippen LogP contribution is -2.54. The molecule has 1 saturated heterocycles. The maximum atomic E-state index is 13.1. The zero-order valence-electron chi connectivity index (χ0n) is 20.7. The molecule has 190 valence electrons. The lowest BCUT2D eigenvalue weighted by Gasteiger charge is -2.27. The van der Waals surface area contributed by atoms with Crippen LogP contribution in [0, 0.1) is 0 Å². The van der Waals surface area contributed by atoms with Gasteiger partial charge in [0.1, 0.15) is 11.8 Å². The van der Waals surface area contributed by atoms with Crippen molar-refractivity contribution < 1.29 is 23.9 Å². The van der Waals surface area contributed by atoms with E-state index in [1.54, 1.807) is 18.2 Å². The van der Waals surface area contributed by atoms with Gasteiger partial charge in [-0.05, 0) is 69.1 Å². The summed E-state index contributed by atoms with van der Waals surface area (Å²) in [5, 5.41) is 5.37. The Labute approximate surface area is 210 Å². The van der Waals surface area contributed by atoms with E-state index in [9.17, 15) is 19.2 Å². The topological polar surface area (TPSA) is 108 Å². The molecule has 2 N–H and O–H groups in total. The van der Waals surface area contributed by atoms with Crippen LogP contribution in [0.5, 0.6) is 5.75 Å². The first-order valence-electron chi connectivity index (χ1n) is 12.3. The summed E-state index contributed by atoms with van der Waals surface area (Å²) in [4.78, 5) is 53.0. The van der Waals surface area contributed by atoms with Crippen molar-refractivity contribution in [1.82, 2.24) is 15.5 Å². The average Bonchev–Trinajstić information content (AvgIpc) is 3.13. The van der Waals surface area contributed by atoms with Gasteiger partial charge in [0, 0.05) is 25.7 Å². The van der Waals surface area contributed by atoms with Crippen LogP contribution in [-0.4, -0.2) is 68.4 Å². The Bertz CT molecular complexity index is 1150. The number of aryl methyl sites for hydroxylation is 1. The molecule has 1 fully saturated rings. The molecule has 0 radical (unpaired) electrons. The molecule has 36 heavy (non-hydrogen) atoms. The molecular formula is C27H32N4O5. The first-order valence-corrected chi connectivity index (χ1v) is 12.3. The smallest absolute Gasteiger partial charge is 0.266 e. The van der Waals surface area contributed by atoms with E-state index < -0.39 is 29.7 Å². The van der Waals surface area contributed by atoms with Gasteiger partial charge in [0.05, 0.1) is 17.7 Å². The van der Waals surface area contributed by atoms with Crippen LogP contribution in [0.1, 0.15) is 52.0 Å². The van der Waals surface area contributed by atoms with Gasteiger partial charge in [-0.3, -0.25) is 29.4 Å². The van der Waals surface area contributed by atoms with Gasteiger partial charge in [0.2, 0.25) is 11.8 Å². The molecule has 2 aromatic rings. The number of ether oxygens (including phenoxy) is 1. The summed E-state index contributed by atoms with van der Waals surface area (Å²) >= 11 is 0. The highest BCUT2D eigenvalue weighted by Gasteiger charge is 2.45. The van der Waals surface area contributed by atoms with E-state index in [0.29, 0.717) is 12.4 Å². The van der Waals surface area contributed by atoms with Crippen LogP contribution < -0.4 is 20.3 Å². The third-order valence-corrected chi connectivity index (χ3v) is 6.59. The Morgan fingerprint density at radius 3 is 2.56 bits per heavy atom. The Morgan fingerprint density at radius 2 is 1.83 bits per heavy atom. The van der Waals surface area contributed by atoms with Crippen molar-refractivity contribution in [2.45, 2.75) is 38.1 Å². The number of amides is 4. The molecule has 9 nitrogen and oxygen atoms in total. The van der Waals surface area contributed by atoms with Crippen molar-refractivity contribution in [2.75, 3.05) is 38.7 Å². The third-order valence-electron chi connectivity index (χ3n) is 6.59. The Hall–Kier alpha value is -3.72. The van der Waals surface area contributed by atoms with Gasteiger partial charge in [-0.15, -0.1) is 0 Å². The molecular weight excluding hydrogens is 460 g/mol. The number of hydrogen-bond donors (Lipinski definition) is 2. The summed E-state index contributed by atoms with van der Waals surface area (Å²) in [6.07, 6.45) is 2.83. The van der Waals surface area contributed by atoms with Crippen LogP contribution in [0.2, 0.25) is 0 Å². The van der Waals surface area contributed by atoms with E-state index in [4.69, 9.17) is 4.74 Å². The standard InChI is InChI=1S/C27H32N4O5/c1-28-15-5-16-30(2)19-11-9-18(10-12-19)6-4-17-36-22-8-3-7-20-24(22)27(35)31(26(20)34)21-13-14-23(32)29-25(21)33/h3,7-12,21,28H,4-6,13-17H2,1-2H3,(H,29,32,33). The normalized spacial score (nSPS) is 17.3. The fourth-order valence-corrected chi connectivity index (χ4v) is 4.60. The van der Waals surface area contributed by atoms with Crippen LogP contribution in [0.25, 0.3) is 0 Å². The number of carbonyl (C=O) groups excluding carboxylic acids is 4. The first kappa shape index (κ1) is 25.4. The van der Waals surface area contributed by atoms with Crippen molar-refractivity contribution in [1.29, 1.82) is 0 Å². The summed E-state index contributed by atoms with van der Waals surface area (Å²) in [7, 11) is 4.04. The summed E-state index contributed by atoms with van der Waals surface area (Å²) in [5.41, 5.74) is 2.77. The van der Waals surface area contributed by atoms with Crippen LogP contribution >= 0.6 is 0 Å². The fraction of sp³-hybridized carbons (Fsp3) is 0.407. The quantitative estimate of drug-likeness (QED) is 0.366. The molecule has 1 atom stereocenters.